The molecule has 0 N–H and O–H groups in total. The summed E-state index contributed by atoms with van der Waals surface area (Å²) >= 11 is 5.72. The number of rotatable bonds is 3. The molecule has 0 spiro atoms. The van der Waals surface area contributed by atoms with Gasteiger partial charge in [0.05, 0.1) is 6.61 Å². The molecule has 0 unspecified atom stereocenters. The van der Waals surface area contributed by atoms with E-state index in [0.717, 1.165) is 0 Å². The van der Waals surface area contributed by atoms with Crippen LogP contribution in [0.3, 0.4) is 0 Å². The van der Waals surface area contributed by atoms with Crippen LogP contribution >= 0.6 is 11.6 Å². The van der Waals surface area contributed by atoms with Gasteiger partial charge in [0, 0.05) is 43.4 Å². The van der Waals surface area contributed by atoms with E-state index in [1.54, 1.807) is 17.0 Å². The minimum atomic E-state index is -0.738. The topological polar surface area (TPSA) is 29.5 Å². The normalized spacial score (nSPS) is 17.3. The molecule has 21 heavy (non-hydrogen) atoms. The van der Waals surface area contributed by atoms with Crippen LogP contribution in [0, 0.1) is 18.2 Å². The van der Waals surface area contributed by atoms with Gasteiger partial charge in [0.1, 0.15) is 11.4 Å². The van der Waals surface area contributed by atoms with Crippen molar-refractivity contribution >= 4 is 17.5 Å². The Labute approximate surface area is 129 Å². The number of hydrogen-bond acceptors (Lipinski definition) is 2. The van der Waals surface area contributed by atoms with Crippen LogP contribution in [-0.4, -0.2) is 29.5 Å². The van der Waals surface area contributed by atoms with Crippen LogP contribution in [0.1, 0.15) is 25.3 Å². The highest BCUT2D eigenvalue weighted by Gasteiger charge is 2.34. The third kappa shape index (κ3) is 3.75. The quantitative estimate of drug-likeness (QED) is 0.803. The summed E-state index contributed by atoms with van der Waals surface area (Å²) in [5, 5.41) is 0.345. The average Bonchev–Trinajstić information content (AvgIpc) is 2.46. The lowest BCUT2D eigenvalue weighted by Gasteiger charge is -2.38. The monoisotopic (exact) mass is 309 g/mol. The van der Waals surface area contributed by atoms with Gasteiger partial charge >= 0.3 is 0 Å². The fraction of sp³-hybridized carbons (Fsp3) is 0.438. The second-order valence-corrected chi connectivity index (χ2v) is 5.61. The van der Waals surface area contributed by atoms with Crippen LogP contribution in [0.15, 0.2) is 18.2 Å². The molecule has 1 aromatic carbocycles. The van der Waals surface area contributed by atoms with E-state index in [1.165, 1.54) is 13.0 Å². The zero-order chi connectivity index (χ0) is 15.5. The van der Waals surface area contributed by atoms with Crippen LogP contribution in [0.5, 0.6) is 0 Å². The lowest BCUT2D eigenvalue weighted by Crippen LogP contribution is -2.46. The summed E-state index contributed by atoms with van der Waals surface area (Å²) in [6.45, 7) is 2.74. The van der Waals surface area contributed by atoms with E-state index in [4.69, 9.17) is 22.8 Å². The molecule has 1 aliphatic rings. The highest BCUT2D eigenvalue weighted by Crippen LogP contribution is 2.28. The molecule has 1 aliphatic heterocycles. The van der Waals surface area contributed by atoms with Crippen molar-refractivity contribution in [3.63, 3.8) is 0 Å². The third-order valence-corrected chi connectivity index (χ3v) is 4.03. The number of nitrogens with zero attached hydrogens (tertiary/aromatic N) is 1. The summed E-state index contributed by atoms with van der Waals surface area (Å²) in [6.07, 6.45) is 6.70. The van der Waals surface area contributed by atoms with Crippen LogP contribution in [0.2, 0.25) is 5.02 Å². The maximum absolute atomic E-state index is 13.7. The van der Waals surface area contributed by atoms with Crippen molar-refractivity contribution in [2.75, 3.05) is 13.1 Å². The fourth-order valence-corrected chi connectivity index (χ4v) is 2.53. The van der Waals surface area contributed by atoms with Crippen LogP contribution in [-0.2, 0) is 16.1 Å². The molecule has 0 atom stereocenters. The predicted molar refractivity (Wildman–Crippen MR) is 79.3 cm³/mol. The largest absolute Gasteiger partial charge is 0.357 e. The summed E-state index contributed by atoms with van der Waals surface area (Å²) in [6, 6.07) is 4.46. The van der Waals surface area contributed by atoms with Gasteiger partial charge in [0.2, 0.25) is 5.91 Å². The molecule has 1 saturated heterocycles. The first-order chi connectivity index (χ1) is 9.96. The molecular formula is C16H17ClFNO2. The minimum absolute atomic E-state index is 0.0318. The van der Waals surface area contributed by atoms with Crippen molar-refractivity contribution < 1.29 is 13.9 Å². The van der Waals surface area contributed by atoms with Crippen molar-refractivity contribution in [3.8, 4) is 12.3 Å². The van der Waals surface area contributed by atoms with Gasteiger partial charge in [-0.3, -0.25) is 4.79 Å². The van der Waals surface area contributed by atoms with Gasteiger partial charge in [-0.2, -0.15) is 0 Å². The molecule has 1 aromatic rings. The molecular weight excluding hydrogens is 293 g/mol. The van der Waals surface area contributed by atoms with E-state index >= 15 is 0 Å². The van der Waals surface area contributed by atoms with Gasteiger partial charge < -0.3 is 9.64 Å². The van der Waals surface area contributed by atoms with Gasteiger partial charge in [0.15, 0.2) is 0 Å². The van der Waals surface area contributed by atoms with Crippen molar-refractivity contribution in [2.45, 2.75) is 32.0 Å². The molecule has 0 bridgehead atoms. The minimum Gasteiger partial charge on any atom is -0.357 e. The summed E-state index contributed by atoms with van der Waals surface area (Å²) in [5.41, 5.74) is -0.319. The number of likely N-dealkylation sites (tertiary alicyclic amines) is 1. The number of ether oxygens (including phenoxy) is 1. The maximum Gasteiger partial charge on any atom is 0.219 e. The first kappa shape index (κ1) is 15.8. The van der Waals surface area contributed by atoms with E-state index in [9.17, 15) is 9.18 Å². The molecule has 5 heteroatoms. The number of amides is 1. The summed E-state index contributed by atoms with van der Waals surface area (Å²) in [4.78, 5) is 13.1. The van der Waals surface area contributed by atoms with Gasteiger partial charge in [-0.05, 0) is 12.1 Å². The predicted octanol–water partition coefficient (Wildman–Crippen LogP) is 3.01. The number of piperidine rings is 1. The SMILES string of the molecule is C#CC1(OCc2ccc(Cl)cc2F)CCN(C(C)=O)CC1. The van der Waals surface area contributed by atoms with Crippen molar-refractivity contribution in [1.29, 1.82) is 0 Å². The molecule has 3 nitrogen and oxygen atoms in total. The zero-order valence-corrected chi connectivity index (χ0v) is 12.6. The van der Waals surface area contributed by atoms with Crippen LogP contribution in [0.25, 0.3) is 0 Å². The Kier molecular flexibility index (Phi) is 4.87. The molecule has 0 saturated carbocycles. The van der Waals surface area contributed by atoms with E-state index in [-0.39, 0.29) is 12.5 Å². The second-order valence-electron chi connectivity index (χ2n) is 5.17. The Morgan fingerprint density at radius 2 is 2.19 bits per heavy atom. The molecule has 1 fully saturated rings. The van der Waals surface area contributed by atoms with E-state index in [2.05, 4.69) is 5.92 Å². The lowest BCUT2D eigenvalue weighted by atomic mass is 9.92. The molecule has 0 radical (unpaired) electrons. The Morgan fingerprint density at radius 1 is 1.52 bits per heavy atom. The average molecular weight is 310 g/mol. The first-order valence-corrected chi connectivity index (χ1v) is 7.15. The Balaban J connectivity index is 2.00. The Morgan fingerprint density at radius 3 is 2.71 bits per heavy atom. The fourth-order valence-electron chi connectivity index (χ4n) is 2.37. The molecule has 112 valence electrons. The number of carbonyl (C=O) groups excluding carboxylic acids is 1. The van der Waals surface area contributed by atoms with Crippen molar-refractivity contribution in [1.82, 2.24) is 4.90 Å². The molecule has 0 aromatic heterocycles. The van der Waals surface area contributed by atoms with Crippen LogP contribution in [0.4, 0.5) is 4.39 Å². The van der Waals surface area contributed by atoms with Gasteiger partial charge in [-0.15, -0.1) is 6.42 Å². The Hall–Kier alpha value is -1.57. The van der Waals surface area contributed by atoms with E-state index in [0.29, 0.717) is 36.5 Å². The summed E-state index contributed by atoms with van der Waals surface area (Å²) < 4.78 is 19.5. The van der Waals surface area contributed by atoms with Gasteiger partial charge in [0.25, 0.3) is 0 Å². The van der Waals surface area contributed by atoms with Crippen LogP contribution < -0.4 is 0 Å². The highest BCUT2D eigenvalue weighted by molar-refractivity contribution is 6.30. The van der Waals surface area contributed by atoms with Gasteiger partial charge in [-0.25, -0.2) is 4.39 Å². The summed E-state index contributed by atoms with van der Waals surface area (Å²) in [5.74, 6) is 2.29. The molecule has 1 heterocycles. The number of hydrogen-bond donors (Lipinski definition) is 0. The van der Waals surface area contributed by atoms with E-state index < -0.39 is 11.4 Å². The Bertz CT molecular complexity index is 574. The molecule has 2 rings (SSSR count). The third-order valence-electron chi connectivity index (χ3n) is 3.80. The summed E-state index contributed by atoms with van der Waals surface area (Å²) in [7, 11) is 0. The van der Waals surface area contributed by atoms with E-state index in [1.807, 2.05) is 0 Å². The van der Waals surface area contributed by atoms with Gasteiger partial charge in [-0.1, -0.05) is 23.6 Å². The standard InChI is InChI=1S/C16H17ClFNO2/c1-3-16(6-8-19(9-7-16)12(2)20)21-11-13-4-5-14(17)10-15(13)18/h1,4-5,10H,6-9,11H2,2H3. The smallest absolute Gasteiger partial charge is 0.219 e. The highest BCUT2D eigenvalue weighted by atomic mass is 35.5. The second kappa shape index (κ2) is 6.46. The number of terminal acetylenes is 1. The zero-order valence-electron chi connectivity index (χ0n) is 11.9. The molecule has 1 amide bonds. The lowest BCUT2D eigenvalue weighted by molar-refractivity contribution is -0.133. The number of halogens is 2. The first-order valence-electron chi connectivity index (χ1n) is 6.77. The number of benzene rings is 1. The molecule has 0 aliphatic carbocycles. The van der Waals surface area contributed by atoms with Crippen molar-refractivity contribution in [2.24, 2.45) is 0 Å². The number of carbonyl (C=O) groups is 1. The van der Waals surface area contributed by atoms with Crippen molar-refractivity contribution in [3.05, 3.63) is 34.6 Å². The maximum atomic E-state index is 13.7.